The maximum Gasteiger partial charge on any atom is 0.362 e. The standard InChI is InChI=1S/C42H77NO7/c1-6-8-10-12-14-16-17-18-19-20-21-22-23-24-25-27-29-31-33-41(45)50-38(36-48-35-34-39(42(46)47)43(3,4)5)37-49-40(44)32-30-28-26-15-13-11-9-7-2/h21-22,26,28,38-39H,6-20,23-25,27,29-37H2,1-5H3/p+1/b22-21+,28-26+. The van der Waals surface area contributed by atoms with Crippen LogP contribution in [-0.4, -0.2) is 80.6 Å². The van der Waals surface area contributed by atoms with Gasteiger partial charge in [0.1, 0.15) is 6.61 Å². The van der Waals surface area contributed by atoms with Crippen LogP contribution in [0.25, 0.3) is 0 Å². The molecule has 0 aromatic rings. The first-order valence-electron chi connectivity index (χ1n) is 20.4. The Balaban J connectivity index is 4.34. The summed E-state index contributed by atoms with van der Waals surface area (Å²) in [6.07, 6.45) is 35.3. The topological polar surface area (TPSA) is 99.1 Å². The van der Waals surface area contributed by atoms with Crippen LogP contribution in [0.5, 0.6) is 0 Å². The van der Waals surface area contributed by atoms with Crippen molar-refractivity contribution in [1.82, 2.24) is 0 Å². The van der Waals surface area contributed by atoms with E-state index in [2.05, 4.69) is 32.1 Å². The lowest BCUT2D eigenvalue weighted by Crippen LogP contribution is -2.50. The van der Waals surface area contributed by atoms with Crippen LogP contribution in [0.1, 0.15) is 174 Å². The molecule has 0 aliphatic carbocycles. The van der Waals surface area contributed by atoms with E-state index in [1.54, 1.807) is 0 Å². The molecule has 0 radical (unpaired) electrons. The van der Waals surface area contributed by atoms with Gasteiger partial charge in [0.05, 0.1) is 34.4 Å². The molecule has 0 fully saturated rings. The third kappa shape index (κ3) is 31.8. The fourth-order valence-electron chi connectivity index (χ4n) is 5.87. The van der Waals surface area contributed by atoms with Crippen molar-refractivity contribution in [2.75, 3.05) is 41.0 Å². The summed E-state index contributed by atoms with van der Waals surface area (Å²) in [6, 6.07) is -0.617. The number of nitrogens with zero attached hydrogens (tertiary/aromatic N) is 1. The number of carbonyl (C=O) groups excluding carboxylic acids is 2. The van der Waals surface area contributed by atoms with Gasteiger partial charge in [0.2, 0.25) is 0 Å². The number of esters is 2. The van der Waals surface area contributed by atoms with E-state index in [0.29, 0.717) is 19.3 Å². The Morgan fingerprint density at radius 2 is 1.04 bits per heavy atom. The molecule has 0 aliphatic rings. The number of ether oxygens (including phenoxy) is 3. The largest absolute Gasteiger partial charge is 0.477 e. The van der Waals surface area contributed by atoms with Gasteiger partial charge < -0.3 is 23.8 Å². The molecular weight excluding hydrogens is 630 g/mol. The molecule has 0 rings (SSSR count). The van der Waals surface area contributed by atoms with E-state index in [-0.39, 0.29) is 42.7 Å². The summed E-state index contributed by atoms with van der Waals surface area (Å²) < 4.78 is 17.1. The van der Waals surface area contributed by atoms with Gasteiger partial charge in [0.15, 0.2) is 12.1 Å². The molecule has 1 N–H and O–H groups in total. The summed E-state index contributed by atoms with van der Waals surface area (Å²) in [5.74, 6) is -1.54. The summed E-state index contributed by atoms with van der Waals surface area (Å²) in [7, 11) is 5.50. The average Bonchev–Trinajstić information content (AvgIpc) is 3.06. The molecule has 8 nitrogen and oxygen atoms in total. The van der Waals surface area contributed by atoms with E-state index in [1.165, 1.54) is 96.3 Å². The number of unbranched alkanes of at least 4 members (excludes halogenated alkanes) is 18. The van der Waals surface area contributed by atoms with E-state index >= 15 is 0 Å². The number of aliphatic carboxylic acids is 1. The van der Waals surface area contributed by atoms with Crippen molar-refractivity contribution in [3.05, 3.63) is 24.3 Å². The molecule has 0 heterocycles. The number of allylic oxidation sites excluding steroid dienone is 4. The lowest BCUT2D eigenvalue weighted by molar-refractivity contribution is -0.887. The molecule has 292 valence electrons. The first kappa shape index (κ1) is 47.8. The number of hydrogen-bond donors (Lipinski definition) is 1. The van der Waals surface area contributed by atoms with Gasteiger partial charge >= 0.3 is 17.9 Å². The molecule has 2 atom stereocenters. The Kier molecular flexibility index (Phi) is 32.4. The number of hydrogen-bond acceptors (Lipinski definition) is 6. The van der Waals surface area contributed by atoms with E-state index in [9.17, 15) is 19.5 Å². The fourth-order valence-corrected chi connectivity index (χ4v) is 5.87. The number of carboxylic acid groups (broad SMARTS) is 1. The first-order valence-corrected chi connectivity index (χ1v) is 20.4. The van der Waals surface area contributed by atoms with Crippen LogP contribution >= 0.6 is 0 Å². The zero-order valence-electron chi connectivity index (χ0n) is 33.1. The molecule has 0 aromatic heterocycles. The highest BCUT2D eigenvalue weighted by atomic mass is 16.6. The zero-order valence-corrected chi connectivity index (χ0v) is 33.1. The normalized spacial score (nSPS) is 13.2. The maximum absolute atomic E-state index is 12.7. The first-order chi connectivity index (χ1) is 24.1. The van der Waals surface area contributed by atoms with Gasteiger partial charge in [-0.25, -0.2) is 4.79 Å². The van der Waals surface area contributed by atoms with Crippen molar-refractivity contribution < 1.29 is 38.2 Å². The van der Waals surface area contributed by atoms with E-state index in [0.717, 1.165) is 38.5 Å². The third-order valence-corrected chi connectivity index (χ3v) is 9.09. The van der Waals surface area contributed by atoms with Gasteiger partial charge in [0.25, 0.3) is 0 Å². The SMILES string of the molecule is CCCCCC/C=C/CCC(=O)OCC(COCCC(C(=O)O)[N+](C)(C)C)OC(=O)CCCCCCC/C=C/CCCCCCCCCCC. The summed E-state index contributed by atoms with van der Waals surface area (Å²) in [6.45, 7) is 4.64. The van der Waals surface area contributed by atoms with Crippen LogP contribution in [0, 0.1) is 0 Å². The molecule has 0 amide bonds. The Morgan fingerprint density at radius 3 is 1.54 bits per heavy atom. The minimum Gasteiger partial charge on any atom is -0.477 e. The monoisotopic (exact) mass is 709 g/mol. The number of carbonyl (C=O) groups is 3. The molecule has 8 heteroatoms. The Labute approximate surface area is 307 Å². The summed E-state index contributed by atoms with van der Waals surface area (Å²) >= 11 is 0. The highest BCUT2D eigenvalue weighted by molar-refractivity contribution is 5.72. The van der Waals surface area contributed by atoms with Crippen molar-refractivity contribution in [2.24, 2.45) is 0 Å². The van der Waals surface area contributed by atoms with Crippen molar-refractivity contribution in [3.8, 4) is 0 Å². The molecular formula is C42H78NO7+. The van der Waals surface area contributed by atoms with Gasteiger partial charge in [-0.2, -0.15) is 0 Å². The predicted molar refractivity (Wildman–Crippen MR) is 206 cm³/mol. The van der Waals surface area contributed by atoms with Crippen molar-refractivity contribution in [3.63, 3.8) is 0 Å². The van der Waals surface area contributed by atoms with Crippen molar-refractivity contribution in [1.29, 1.82) is 0 Å². The maximum atomic E-state index is 12.7. The molecule has 0 aromatic carbocycles. The van der Waals surface area contributed by atoms with Gasteiger partial charge in [-0.15, -0.1) is 0 Å². The lowest BCUT2D eigenvalue weighted by Gasteiger charge is -2.31. The quantitative estimate of drug-likeness (QED) is 0.0299. The van der Waals surface area contributed by atoms with Crippen LogP contribution < -0.4 is 0 Å². The van der Waals surface area contributed by atoms with E-state index in [4.69, 9.17) is 14.2 Å². The number of rotatable bonds is 36. The van der Waals surface area contributed by atoms with Gasteiger partial charge in [-0.1, -0.05) is 128 Å². The Morgan fingerprint density at radius 1 is 0.580 bits per heavy atom. The van der Waals surface area contributed by atoms with Crippen LogP contribution in [-0.2, 0) is 28.6 Å². The summed E-state index contributed by atoms with van der Waals surface area (Å²) in [4.78, 5) is 36.7. The minimum absolute atomic E-state index is 0.0484. The molecule has 0 aliphatic heterocycles. The van der Waals surface area contributed by atoms with Crippen molar-refractivity contribution in [2.45, 2.75) is 187 Å². The summed E-state index contributed by atoms with van der Waals surface area (Å²) in [5, 5.41) is 9.58. The second-order valence-electron chi connectivity index (χ2n) is 14.9. The lowest BCUT2D eigenvalue weighted by atomic mass is 10.1. The van der Waals surface area contributed by atoms with Gasteiger partial charge in [-0.3, -0.25) is 9.59 Å². The molecule has 2 unspecified atom stereocenters. The zero-order chi connectivity index (χ0) is 37.1. The summed E-state index contributed by atoms with van der Waals surface area (Å²) in [5.41, 5.74) is 0. The van der Waals surface area contributed by atoms with E-state index < -0.39 is 18.1 Å². The Hall–Kier alpha value is -2.19. The number of likely N-dealkylation sites (N-methyl/N-ethyl adjacent to an activating group) is 1. The van der Waals surface area contributed by atoms with Gasteiger partial charge in [-0.05, 0) is 51.4 Å². The van der Waals surface area contributed by atoms with E-state index in [1.807, 2.05) is 27.2 Å². The van der Waals surface area contributed by atoms with Crippen LogP contribution in [0.2, 0.25) is 0 Å². The minimum atomic E-state index is -0.881. The number of quaternary nitrogens is 1. The van der Waals surface area contributed by atoms with Crippen molar-refractivity contribution >= 4 is 17.9 Å². The van der Waals surface area contributed by atoms with Gasteiger partial charge in [0, 0.05) is 19.3 Å². The molecule has 0 saturated carbocycles. The fraction of sp³-hybridized carbons (Fsp3) is 0.833. The molecule has 0 spiro atoms. The predicted octanol–water partition coefficient (Wildman–Crippen LogP) is 10.5. The third-order valence-electron chi connectivity index (χ3n) is 9.09. The average molecular weight is 709 g/mol. The highest BCUT2D eigenvalue weighted by Gasteiger charge is 2.31. The molecule has 0 saturated heterocycles. The molecule has 50 heavy (non-hydrogen) atoms. The highest BCUT2D eigenvalue weighted by Crippen LogP contribution is 2.13. The van der Waals surface area contributed by atoms with Crippen LogP contribution in [0.15, 0.2) is 24.3 Å². The second-order valence-corrected chi connectivity index (χ2v) is 14.9. The molecule has 0 bridgehead atoms. The smallest absolute Gasteiger partial charge is 0.362 e. The Bertz CT molecular complexity index is 880. The number of carboxylic acids is 1. The van der Waals surface area contributed by atoms with Crippen LogP contribution in [0.4, 0.5) is 0 Å². The second kappa shape index (κ2) is 33.9. The van der Waals surface area contributed by atoms with Crippen LogP contribution in [0.3, 0.4) is 0 Å².